The van der Waals surface area contributed by atoms with Crippen molar-refractivity contribution >= 4 is 22.6 Å². The topological polar surface area (TPSA) is 86.5 Å². The van der Waals surface area contributed by atoms with Crippen LogP contribution in [-0.2, 0) is 0 Å². The van der Waals surface area contributed by atoms with E-state index in [-0.39, 0.29) is 5.91 Å². The Morgan fingerprint density at radius 2 is 2.12 bits per heavy atom. The van der Waals surface area contributed by atoms with Crippen LogP contribution in [0, 0.1) is 0 Å². The highest BCUT2D eigenvalue weighted by atomic mass is 16.1. The number of aromatic nitrogens is 4. The van der Waals surface area contributed by atoms with Gasteiger partial charge < -0.3 is 5.32 Å². The number of fused-ring (bicyclic) bond motifs is 1. The van der Waals surface area contributed by atoms with Crippen LogP contribution in [0.25, 0.3) is 10.9 Å². The van der Waals surface area contributed by atoms with Crippen LogP contribution >= 0.6 is 0 Å². The van der Waals surface area contributed by atoms with Crippen molar-refractivity contribution in [1.29, 1.82) is 0 Å². The van der Waals surface area contributed by atoms with Crippen LogP contribution in [0.5, 0.6) is 0 Å². The molecule has 3 aromatic rings. The molecule has 0 aliphatic rings. The third-order valence-corrected chi connectivity index (χ3v) is 2.48. The Morgan fingerprint density at radius 3 is 2.94 bits per heavy atom. The molecule has 0 fully saturated rings. The van der Waals surface area contributed by atoms with Crippen molar-refractivity contribution < 1.29 is 4.79 Å². The van der Waals surface area contributed by atoms with E-state index >= 15 is 0 Å². The minimum atomic E-state index is -0.193. The molecule has 2 heterocycles. The zero-order chi connectivity index (χ0) is 11.7. The fourth-order valence-corrected chi connectivity index (χ4v) is 1.68. The van der Waals surface area contributed by atoms with Gasteiger partial charge >= 0.3 is 0 Å². The van der Waals surface area contributed by atoms with Gasteiger partial charge in [-0.25, -0.2) is 0 Å². The van der Waals surface area contributed by atoms with E-state index in [9.17, 15) is 4.79 Å². The van der Waals surface area contributed by atoms with E-state index in [1.807, 2.05) is 12.1 Å². The molecule has 1 amide bonds. The van der Waals surface area contributed by atoms with E-state index in [1.165, 1.54) is 0 Å². The molecule has 6 heteroatoms. The number of hydrogen-bond acceptors (Lipinski definition) is 3. The second kappa shape index (κ2) is 3.75. The van der Waals surface area contributed by atoms with Crippen LogP contribution in [0.4, 0.5) is 5.82 Å². The second-order valence-electron chi connectivity index (χ2n) is 3.56. The largest absolute Gasteiger partial charge is 0.307 e. The average molecular weight is 227 g/mol. The number of nitrogens with one attached hydrogen (secondary N) is 3. The summed E-state index contributed by atoms with van der Waals surface area (Å²) in [4.78, 5) is 12.0. The Bertz CT molecular complexity index is 655. The number of carbonyl (C=O) groups excluding carboxylic acids is 1. The number of nitrogens with zero attached hydrogens (tertiary/aromatic N) is 2. The van der Waals surface area contributed by atoms with Gasteiger partial charge in [0.25, 0.3) is 5.91 Å². The van der Waals surface area contributed by atoms with Gasteiger partial charge in [-0.1, -0.05) is 6.07 Å². The summed E-state index contributed by atoms with van der Waals surface area (Å²) in [6.07, 6.45) is 3.21. The van der Waals surface area contributed by atoms with E-state index in [0.29, 0.717) is 11.4 Å². The number of benzene rings is 1. The molecule has 3 N–H and O–H groups in total. The number of anilines is 1. The maximum atomic E-state index is 12.0. The quantitative estimate of drug-likeness (QED) is 0.620. The minimum absolute atomic E-state index is 0.193. The lowest BCUT2D eigenvalue weighted by molar-refractivity contribution is 0.102. The van der Waals surface area contributed by atoms with E-state index in [2.05, 4.69) is 25.7 Å². The number of amides is 1. The van der Waals surface area contributed by atoms with Crippen molar-refractivity contribution in [2.45, 2.75) is 0 Å². The van der Waals surface area contributed by atoms with E-state index < -0.39 is 0 Å². The lowest BCUT2D eigenvalue weighted by atomic mass is 10.1. The molecule has 0 unspecified atom stereocenters. The second-order valence-corrected chi connectivity index (χ2v) is 3.56. The number of rotatable bonds is 2. The first-order valence-corrected chi connectivity index (χ1v) is 5.07. The van der Waals surface area contributed by atoms with Crippen LogP contribution in [0.15, 0.2) is 36.7 Å². The molecule has 0 saturated carbocycles. The van der Waals surface area contributed by atoms with Gasteiger partial charge in [-0.15, -0.1) is 0 Å². The summed E-state index contributed by atoms with van der Waals surface area (Å²) in [5, 5.41) is 16.7. The number of hydrogen-bond donors (Lipinski definition) is 3. The molecule has 2 aromatic heterocycles. The molecule has 0 saturated heterocycles. The van der Waals surface area contributed by atoms with Crippen LogP contribution < -0.4 is 5.32 Å². The van der Waals surface area contributed by atoms with Crippen LogP contribution in [-0.4, -0.2) is 26.3 Å². The molecule has 1 aromatic carbocycles. The smallest absolute Gasteiger partial charge is 0.257 e. The summed E-state index contributed by atoms with van der Waals surface area (Å²) in [5.41, 5.74) is 1.41. The van der Waals surface area contributed by atoms with Gasteiger partial charge in [-0.05, 0) is 12.1 Å². The predicted octanol–water partition coefficient (Wildman–Crippen LogP) is 1.54. The van der Waals surface area contributed by atoms with Crippen LogP contribution in [0.1, 0.15) is 10.4 Å². The number of H-pyrrole nitrogens is 2. The Balaban J connectivity index is 1.98. The molecule has 0 atom stereocenters. The van der Waals surface area contributed by atoms with Crippen LogP contribution in [0.2, 0.25) is 0 Å². The van der Waals surface area contributed by atoms with Gasteiger partial charge in [0.15, 0.2) is 0 Å². The fourth-order valence-electron chi connectivity index (χ4n) is 1.68. The molecular formula is C11H9N5O. The average Bonchev–Trinajstić information content (AvgIpc) is 2.97. The van der Waals surface area contributed by atoms with Crippen molar-refractivity contribution in [2.75, 3.05) is 5.32 Å². The first-order valence-electron chi connectivity index (χ1n) is 5.07. The highest BCUT2D eigenvalue weighted by Crippen LogP contribution is 2.17. The van der Waals surface area contributed by atoms with Gasteiger partial charge in [0.1, 0.15) is 5.82 Å². The lowest BCUT2D eigenvalue weighted by Crippen LogP contribution is -2.12. The van der Waals surface area contributed by atoms with Gasteiger partial charge in [-0.2, -0.15) is 10.2 Å². The first kappa shape index (κ1) is 9.59. The molecule has 6 nitrogen and oxygen atoms in total. The number of aromatic amines is 2. The Hall–Kier alpha value is -2.63. The highest BCUT2D eigenvalue weighted by Gasteiger charge is 2.11. The molecular weight excluding hydrogens is 218 g/mol. The predicted molar refractivity (Wildman–Crippen MR) is 62.6 cm³/mol. The third kappa shape index (κ3) is 1.65. The monoisotopic (exact) mass is 227 g/mol. The molecule has 0 radical (unpaired) electrons. The molecule has 3 rings (SSSR count). The van der Waals surface area contributed by atoms with Gasteiger partial charge in [-0.3, -0.25) is 15.0 Å². The molecule has 84 valence electrons. The van der Waals surface area contributed by atoms with E-state index in [4.69, 9.17) is 0 Å². The van der Waals surface area contributed by atoms with Crippen molar-refractivity contribution in [3.63, 3.8) is 0 Å². The summed E-state index contributed by atoms with van der Waals surface area (Å²) in [7, 11) is 0. The molecule has 17 heavy (non-hydrogen) atoms. The van der Waals surface area contributed by atoms with Gasteiger partial charge in [0.05, 0.1) is 23.5 Å². The highest BCUT2D eigenvalue weighted by molar-refractivity contribution is 6.11. The Labute approximate surface area is 96.0 Å². The summed E-state index contributed by atoms with van der Waals surface area (Å²) < 4.78 is 0. The minimum Gasteiger partial charge on any atom is -0.307 e. The SMILES string of the molecule is O=C(Nc1ccn[nH]1)c1cccc2[nH]ncc12. The number of carbonyl (C=O) groups is 1. The maximum Gasteiger partial charge on any atom is 0.257 e. The molecule has 0 aliphatic heterocycles. The summed E-state index contributed by atoms with van der Waals surface area (Å²) in [5.74, 6) is 0.372. The lowest BCUT2D eigenvalue weighted by Gasteiger charge is -2.03. The zero-order valence-electron chi connectivity index (χ0n) is 8.77. The van der Waals surface area contributed by atoms with Crippen molar-refractivity contribution in [1.82, 2.24) is 20.4 Å². The maximum absolute atomic E-state index is 12.0. The Morgan fingerprint density at radius 1 is 1.18 bits per heavy atom. The van der Waals surface area contributed by atoms with Gasteiger partial charge in [0.2, 0.25) is 0 Å². The van der Waals surface area contributed by atoms with Crippen molar-refractivity contribution in [3.05, 3.63) is 42.2 Å². The van der Waals surface area contributed by atoms with Crippen molar-refractivity contribution in [3.8, 4) is 0 Å². The first-order chi connectivity index (χ1) is 8.34. The standard InChI is InChI=1S/C11H9N5O/c17-11(14-10-4-5-12-16-10)7-2-1-3-9-8(7)6-13-15-9/h1-6H,(H,13,15)(H2,12,14,16,17). The summed E-state index contributed by atoms with van der Waals surface area (Å²) >= 11 is 0. The molecule has 0 spiro atoms. The van der Waals surface area contributed by atoms with Gasteiger partial charge in [0, 0.05) is 11.5 Å². The summed E-state index contributed by atoms with van der Waals surface area (Å²) in [6, 6.07) is 7.12. The Kier molecular flexibility index (Phi) is 2.11. The van der Waals surface area contributed by atoms with E-state index in [0.717, 1.165) is 10.9 Å². The third-order valence-electron chi connectivity index (χ3n) is 2.48. The van der Waals surface area contributed by atoms with E-state index in [1.54, 1.807) is 24.5 Å². The fraction of sp³-hybridized carbons (Fsp3) is 0. The zero-order valence-corrected chi connectivity index (χ0v) is 8.77. The van der Waals surface area contributed by atoms with Crippen molar-refractivity contribution in [2.24, 2.45) is 0 Å². The molecule has 0 aliphatic carbocycles. The van der Waals surface area contributed by atoms with Crippen LogP contribution in [0.3, 0.4) is 0 Å². The normalized spacial score (nSPS) is 10.6. The molecule has 0 bridgehead atoms. The summed E-state index contributed by atoms with van der Waals surface area (Å²) in [6.45, 7) is 0.